The molecule has 0 aliphatic carbocycles. The molecule has 4 rings (SSSR count). The van der Waals surface area contributed by atoms with Crippen LogP contribution in [-0.4, -0.2) is 19.4 Å². The number of nitrogens with zero attached hydrogens (tertiary/aromatic N) is 1. The molecule has 0 unspecified atom stereocenters. The van der Waals surface area contributed by atoms with E-state index < -0.39 is 15.9 Å². The summed E-state index contributed by atoms with van der Waals surface area (Å²) in [5, 5.41) is 6.02. The standard InChI is InChI=1S/C25H20ClN3O3S/c26-20-7-5-19(6-8-20)23-3-1-2-4-24(23)33(31,32)22-11-9-21(10-12-22)29-25(30)28-17-18-13-15-27-16-14-18/h1-16H,17H2,(H2,28,29,30). The van der Waals surface area contributed by atoms with Crippen molar-refractivity contribution in [2.45, 2.75) is 16.3 Å². The monoisotopic (exact) mass is 477 g/mol. The van der Waals surface area contributed by atoms with Gasteiger partial charge in [-0.3, -0.25) is 4.98 Å². The zero-order valence-corrected chi connectivity index (χ0v) is 19.0. The number of hydrogen-bond acceptors (Lipinski definition) is 4. The van der Waals surface area contributed by atoms with Crippen LogP contribution in [0.3, 0.4) is 0 Å². The molecule has 0 bridgehead atoms. The predicted molar refractivity (Wildman–Crippen MR) is 129 cm³/mol. The summed E-state index contributed by atoms with van der Waals surface area (Å²) in [5.41, 5.74) is 2.74. The summed E-state index contributed by atoms with van der Waals surface area (Å²) in [6, 6.07) is 23.1. The maximum absolute atomic E-state index is 13.4. The van der Waals surface area contributed by atoms with Crippen LogP contribution in [0.5, 0.6) is 0 Å². The van der Waals surface area contributed by atoms with E-state index in [4.69, 9.17) is 11.6 Å². The fraction of sp³-hybridized carbons (Fsp3) is 0.0400. The van der Waals surface area contributed by atoms with Gasteiger partial charge in [-0.15, -0.1) is 0 Å². The Hall–Kier alpha value is -3.68. The molecule has 166 valence electrons. The van der Waals surface area contributed by atoms with Gasteiger partial charge in [0.2, 0.25) is 9.84 Å². The first-order valence-corrected chi connectivity index (χ1v) is 11.9. The second-order valence-electron chi connectivity index (χ2n) is 7.19. The molecular weight excluding hydrogens is 458 g/mol. The molecule has 0 aliphatic heterocycles. The van der Waals surface area contributed by atoms with Gasteiger partial charge in [0.15, 0.2) is 0 Å². The van der Waals surface area contributed by atoms with Gasteiger partial charge < -0.3 is 10.6 Å². The van der Waals surface area contributed by atoms with Crippen molar-refractivity contribution >= 4 is 33.2 Å². The summed E-state index contributed by atoms with van der Waals surface area (Å²) in [6.07, 6.45) is 3.30. The number of nitrogens with one attached hydrogen (secondary N) is 2. The van der Waals surface area contributed by atoms with Crippen LogP contribution < -0.4 is 10.6 Å². The van der Waals surface area contributed by atoms with Crippen molar-refractivity contribution in [1.29, 1.82) is 0 Å². The SMILES string of the molecule is O=C(NCc1ccncc1)Nc1ccc(S(=O)(=O)c2ccccc2-c2ccc(Cl)cc2)cc1. The highest BCUT2D eigenvalue weighted by Gasteiger charge is 2.21. The van der Waals surface area contributed by atoms with Crippen LogP contribution in [0.2, 0.25) is 5.02 Å². The number of sulfone groups is 1. The number of carbonyl (C=O) groups excluding carboxylic acids is 1. The van der Waals surface area contributed by atoms with Crippen molar-refractivity contribution < 1.29 is 13.2 Å². The molecule has 0 atom stereocenters. The van der Waals surface area contributed by atoms with E-state index in [0.29, 0.717) is 22.8 Å². The minimum absolute atomic E-state index is 0.131. The van der Waals surface area contributed by atoms with Gasteiger partial charge in [0, 0.05) is 35.2 Å². The Morgan fingerprint density at radius 1 is 0.848 bits per heavy atom. The van der Waals surface area contributed by atoms with Crippen LogP contribution in [-0.2, 0) is 16.4 Å². The summed E-state index contributed by atoms with van der Waals surface area (Å²) < 4.78 is 26.7. The number of halogens is 1. The molecule has 6 nitrogen and oxygen atoms in total. The first-order chi connectivity index (χ1) is 15.9. The Labute approximate surface area is 197 Å². The van der Waals surface area contributed by atoms with Crippen LogP contribution in [0, 0.1) is 0 Å². The summed E-state index contributed by atoms with van der Waals surface area (Å²) >= 11 is 5.97. The smallest absolute Gasteiger partial charge is 0.319 e. The molecular formula is C25H20ClN3O3S. The molecule has 0 saturated heterocycles. The van der Waals surface area contributed by atoms with Gasteiger partial charge in [0.25, 0.3) is 0 Å². The van der Waals surface area contributed by atoms with E-state index in [0.717, 1.165) is 11.1 Å². The number of hydrogen-bond donors (Lipinski definition) is 2. The zero-order chi connectivity index (χ0) is 23.3. The molecule has 1 aromatic heterocycles. The van der Waals surface area contributed by atoms with E-state index in [9.17, 15) is 13.2 Å². The molecule has 2 amide bonds. The number of carbonyl (C=O) groups is 1. The highest BCUT2D eigenvalue weighted by atomic mass is 35.5. The third-order valence-corrected chi connectivity index (χ3v) is 7.04. The van der Waals surface area contributed by atoms with Gasteiger partial charge in [-0.25, -0.2) is 13.2 Å². The summed E-state index contributed by atoms with van der Waals surface area (Å²) in [6.45, 7) is 0.350. The minimum Gasteiger partial charge on any atom is -0.334 e. The summed E-state index contributed by atoms with van der Waals surface area (Å²) in [7, 11) is -3.79. The number of rotatable bonds is 6. The van der Waals surface area contributed by atoms with Crippen LogP contribution >= 0.6 is 11.6 Å². The van der Waals surface area contributed by atoms with E-state index in [1.54, 1.807) is 73.1 Å². The highest BCUT2D eigenvalue weighted by Crippen LogP contribution is 2.32. The Bertz CT molecular complexity index is 1360. The molecule has 0 aliphatic rings. The van der Waals surface area contributed by atoms with Crippen molar-refractivity contribution in [3.05, 3.63) is 108 Å². The largest absolute Gasteiger partial charge is 0.334 e. The quantitative estimate of drug-likeness (QED) is 0.380. The van der Waals surface area contributed by atoms with Crippen molar-refractivity contribution in [3.63, 3.8) is 0 Å². The Morgan fingerprint density at radius 3 is 2.21 bits per heavy atom. The van der Waals surface area contributed by atoms with Crippen molar-refractivity contribution in [2.24, 2.45) is 0 Å². The predicted octanol–water partition coefficient (Wildman–Crippen LogP) is 5.56. The lowest BCUT2D eigenvalue weighted by atomic mass is 10.1. The molecule has 8 heteroatoms. The average molecular weight is 478 g/mol. The first-order valence-electron chi connectivity index (χ1n) is 10.1. The van der Waals surface area contributed by atoms with Crippen molar-refractivity contribution in [1.82, 2.24) is 10.3 Å². The maximum atomic E-state index is 13.4. The third kappa shape index (κ3) is 5.39. The topological polar surface area (TPSA) is 88.2 Å². The van der Waals surface area contributed by atoms with Crippen molar-refractivity contribution in [3.8, 4) is 11.1 Å². The summed E-state index contributed by atoms with van der Waals surface area (Å²) in [4.78, 5) is 16.4. The third-order valence-electron chi connectivity index (χ3n) is 4.96. The van der Waals surface area contributed by atoms with Crippen LogP contribution in [0.4, 0.5) is 10.5 Å². The lowest BCUT2D eigenvalue weighted by Crippen LogP contribution is -2.28. The Balaban J connectivity index is 1.51. The summed E-state index contributed by atoms with van der Waals surface area (Å²) in [5.74, 6) is 0. The van der Waals surface area contributed by atoms with Gasteiger partial charge in [-0.1, -0.05) is 41.9 Å². The molecule has 0 saturated carbocycles. The van der Waals surface area contributed by atoms with Gasteiger partial charge in [-0.2, -0.15) is 0 Å². The number of urea groups is 1. The lowest BCUT2D eigenvalue weighted by molar-refractivity contribution is 0.251. The molecule has 0 fully saturated rings. The molecule has 0 radical (unpaired) electrons. The zero-order valence-electron chi connectivity index (χ0n) is 17.4. The minimum atomic E-state index is -3.79. The fourth-order valence-electron chi connectivity index (χ4n) is 3.27. The first kappa shape index (κ1) is 22.5. The van der Waals surface area contributed by atoms with Gasteiger partial charge in [-0.05, 0) is 65.7 Å². The van der Waals surface area contributed by atoms with Crippen LogP contribution in [0.15, 0.2) is 107 Å². The van der Waals surface area contributed by atoms with E-state index in [-0.39, 0.29) is 9.79 Å². The van der Waals surface area contributed by atoms with E-state index in [1.165, 1.54) is 12.1 Å². The molecule has 4 aromatic rings. The van der Waals surface area contributed by atoms with Gasteiger partial charge in [0.1, 0.15) is 0 Å². The Kier molecular flexibility index (Phi) is 6.72. The second-order valence-corrected chi connectivity index (χ2v) is 9.55. The molecule has 0 spiro atoms. The van der Waals surface area contributed by atoms with E-state index in [1.807, 2.05) is 12.1 Å². The number of amides is 2. The normalized spacial score (nSPS) is 11.1. The molecule has 33 heavy (non-hydrogen) atoms. The number of aromatic nitrogens is 1. The number of benzene rings is 3. The lowest BCUT2D eigenvalue weighted by Gasteiger charge is -2.12. The van der Waals surface area contributed by atoms with E-state index >= 15 is 0 Å². The average Bonchev–Trinajstić information content (AvgIpc) is 2.84. The molecule has 2 N–H and O–H groups in total. The maximum Gasteiger partial charge on any atom is 0.319 e. The van der Waals surface area contributed by atoms with E-state index in [2.05, 4.69) is 15.6 Å². The fourth-order valence-corrected chi connectivity index (χ4v) is 4.88. The highest BCUT2D eigenvalue weighted by molar-refractivity contribution is 7.91. The number of pyridine rings is 1. The number of anilines is 1. The van der Waals surface area contributed by atoms with Gasteiger partial charge >= 0.3 is 6.03 Å². The van der Waals surface area contributed by atoms with Gasteiger partial charge in [0.05, 0.1) is 9.79 Å². The van der Waals surface area contributed by atoms with Crippen molar-refractivity contribution in [2.75, 3.05) is 5.32 Å². The molecule has 3 aromatic carbocycles. The second kappa shape index (κ2) is 9.85. The molecule has 1 heterocycles. The van der Waals surface area contributed by atoms with Crippen LogP contribution in [0.1, 0.15) is 5.56 Å². The van der Waals surface area contributed by atoms with Crippen LogP contribution in [0.25, 0.3) is 11.1 Å². The Morgan fingerprint density at radius 2 is 1.52 bits per heavy atom.